The number of nitrogens with zero attached hydrogens (tertiary/aromatic N) is 2. The van der Waals surface area contributed by atoms with Crippen molar-refractivity contribution < 1.29 is 4.79 Å². The van der Waals surface area contributed by atoms with Crippen LogP contribution in [0.25, 0.3) is 0 Å². The Hall–Kier alpha value is -1.55. The highest BCUT2D eigenvalue weighted by Crippen LogP contribution is 2.32. The molecule has 4 nitrogen and oxygen atoms in total. The molecule has 102 valence electrons. The van der Waals surface area contributed by atoms with E-state index in [-0.39, 0.29) is 11.8 Å². The zero-order chi connectivity index (χ0) is 13.2. The zero-order valence-electron chi connectivity index (χ0n) is 11.4. The molecule has 2 aliphatic heterocycles. The van der Waals surface area contributed by atoms with Crippen molar-refractivity contribution in [2.24, 2.45) is 5.92 Å². The van der Waals surface area contributed by atoms with Gasteiger partial charge in [-0.3, -0.25) is 4.79 Å². The summed E-state index contributed by atoms with van der Waals surface area (Å²) < 4.78 is 0. The summed E-state index contributed by atoms with van der Waals surface area (Å²) in [4.78, 5) is 16.9. The fourth-order valence-corrected chi connectivity index (χ4v) is 3.04. The van der Waals surface area contributed by atoms with Crippen LogP contribution in [-0.4, -0.2) is 39.1 Å². The van der Waals surface area contributed by atoms with Crippen LogP contribution in [0.2, 0.25) is 0 Å². The molecule has 4 heteroatoms. The van der Waals surface area contributed by atoms with Crippen molar-refractivity contribution in [3.8, 4) is 0 Å². The number of hydrogen-bond donors (Lipinski definition) is 1. The number of anilines is 2. The third-order valence-corrected chi connectivity index (χ3v) is 4.13. The summed E-state index contributed by atoms with van der Waals surface area (Å²) >= 11 is 0. The second-order valence-corrected chi connectivity index (χ2v) is 5.44. The lowest BCUT2D eigenvalue weighted by Crippen LogP contribution is -2.37. The Bertz CT molecular complexity index is 468. The average Bonchev–Trinajstić information content (AvgIpc) is 2.91. The fourth-order valence-electron chi connectivity index (χ4n) is 3.04. The maximum absolute atomic E-state index is 12.7. The predicted octanol–water partition coefficient (Wildman–Crippen LogP) is 1.47. The van der Waals surface area contributed by atoms with Crippen LogP contribution >= 0.6 is 0 Å². The van der Waals surface area contributed by atoms with E-state index in [2.05, 4.69) is 29.4 Å². The molecule has 1 atom stereocenters. The van der Waals surface area contributed by atoms with E-state index in [1.54, 1.807) is 0 Å². The Labute approximate surface area is 114 Å². The van der Waals surface area contributed by atoms with Crippen LogP contribution in [0.3, 0.4) is 0 Å². The van der Waals surface area contributed by atoms with Gasteiger partial charge in [0.1, 0.15) is 0 Å². The third kappa shape index (κ3) is 2.32. The lowest BCUT2D eigenvalue weighted by Gasteiger charge is -2.26. The number of hydrogen-bond acceptors (Lipinski definition) is 3. The van der Waals surface area contributed by atoms with E-state index < -0.39 is 0 Å². The standard InChI is InChI=1S/C15H21N3O/c1-17-9-4-10-18(14-6-3-2-5-13(14)17)15(19)12-7-8-16-11-12/h2-3,5-6,12,16H,4,7-11H2,1H3. The molecule has 1 N–H and O–H groups in total. The minimum absolute atomic E-state index is 0.150. The number of carbonyl (C=O) groups excluding carboxylic acids is 1. The highest BCUT2D eigenvalue weighted by atomic mass is 16.2. The highest BCUT2D eigenvalue weighted by Gasteiger charge is 2.30. The van der Waals surface area contributed by atoms with Crippen molar-refractivity contribution in [2.45, 2.75) is 12.8 Å². The van der Waals surface area contributed by atoms with Crippen LogP contribution in [0.1, 0.15) is 12.8 Å². The molecule has 2 heterocycles. The van der Waals surface area contributed by atoms with Crippen LogP contribution in [0.5, 0.6) is 0 Å². The van der Waals surface area contributed by atoms with Gasteiger partial charge in [0.25, 0.3) is 0 Å². The molecule has 2 aliphatic rings. The van der Waals surface area contributed by atoms with Gasteiger partial charge in [-0.1, -0.05) is 12.1 Å². The van der Waals surface area contributed by atoms with Crippen LogP contribution in [0.15, 0.2) is 24.3 Å². The molecule has 1 aromatic carbocycles. The molecule has 1 fully saturated rings. The van der Waals surface area contributed by atoms with Gasteiger partial charge in [0, 0.05) is 26.7 Å². The zero-order valence-corrected chi connectivity index (χ0v) is 11.4. The van der Waals surface area contributed by atoms with Crippen LogP contribution in [-0.2, 0) is 4.79 Å². The number of carbonyl (C=O) groups is 1. The molecule has 1 amide bonds. The van der Waals surface area contributed by atoms with Gasteiger partial charge in [-0.15, -0.1) is 0 Å². The first-order chi connectivity index (χ1) is 9.27. The van der Waals surface area contributed by atoms with E-state index in [1.807, 2.05) is 17.0 Å². The summed E-state index contributed by atoms with van der Waals surface area (Å²) in [5, 5.41) is 3.28. The average molecular weight is 259 g/mol. The van der Waals surface area contributed by atoms with Crippen molar-refractivity contribution in [1.82, 2.24) is 5.32 Å². The van der Waals surface area contributed by atoms with Gasteiger partial charge < -0.3 is 15.1 Å². The second kappa shape index (κ2) is 5.21. The molecule has 0 radical (unpaired) electrons. The first kappa shape index (κ1) is 12.5. The maximum atomic E-state index is 12.7. The van der Waals surface area contributed by atoms with Gasteiger partial charge in [0.05, 0.1) is 17.3 Å². The molecule has 19 heavy (non-hydrogen) atoms. The first-order valence-corrected chi connectivity index (χ1v) is 7.09. The quantitative estimate of drug-likeness (QED) is 0.829. The Kier molecular flexibility index (Phi) is 3.42. The van der Waals surface area contributed by atoms with Crippen molar-refractivity contribution >= 4 is 17.3 Å². The molecule has 0 spiro atoms. The van der Waals surface area contributed by atoms with Crippen LogP contribution < -0.4 is 15.1 Å². The molecule has 0 aliphatic carbocycles. The number of para-hydroxylation sites is 2. The summed E-state index contributed by atoms with van der Waals surface area (Å²) in [6, 6.07) is 8.23. The van der Waals surface area contributed by atoms with E-state index in [0.717, 1.165) is 44.7 Å². The van der Waals surface area contributed by atoms with Crippen molar-refractivity contribution in [3.05, 3.63) is 24.3 Å². The summed E-state index contributed by atoms with van der Waals surface area (Å²) in [6.45, 7) is 3.62. The van der Waals surface area contributed by atoms with E-state index >= 15 is 0 Å². The van der Waals surface area contributed by atoms with Crippen molar-refractivity contribution in [1.29, 1.82) is 0 Å². The smallest absolute Gasteiger partial charge is 0.231 e. The number of fused-ring (bicyclic) bond motifs is 1. The normalized spacial score (nSPS) is 23.1. The molecular weight excluding hydrogens is 238 g/mol. The minimum atomic E-state index is 0.150. The molecule has 0 aromatic heterocycles. The lowest BCUT2D eigenvalue weighted by molar-refractivity contribution is -0.121. The Morgan fingerprint density at radius 1 is 1.26 bits per heavy atom. The number of amides is 1. The summed E-state index contributed by atoms with van der Waals surface area (Å²) in [5.74, 6) is 0.434. The maximum Gasteiger partial charge on any atom is 0.231 e. The molecule has 0 bridgehead atoms. The molecule has 0 saturated carbocycles. The monoisotopic (exact) mass is 259 g/mol. The number of nitrogens with one attached hydrogen (secondary N) is 1. The lowest BCUT2D eigenvalue weighted by atomic mass is 10.1. The summed E-state index contributed by atoms with van der Waals surface area (Å²) in [5.41, 5.74) is 2.23. The fraction of sp³-hybridized carbons (Fsp3) is 0.533. The van der Waals surface area contributed by atoms with Crippen LogP contribution in [0.4, 0.5) is 11.4 Å². The van der Waals surface area contributed by atoms with Crippen LogP contribution in [0, 0.1) is 5.92 Å². The van der Waals surface area contributed by atoms with E-state index in [1.165, 1.54) is 5.69 Å². The molecular formula is C15H21N3O. The van der Waals surface area contributed by atoms with Gasteiger partial charge in [0.15, 0.2) is 0 Å². The Morgan fingerprint density at radius 2 is 2.05 bits per heavy atom. The largest absolute Gasteiger partial charge is 0.373 e. The summed E-state index contributed by atoms with van der Waals surface area (Å²) in [6.07, 6.45) is 1.99. The van der Waals surface area contributed by atoms with Crippen molar-refractivity contribution in [3.63, 3.8) is 0 Å². The van der Waals surface area contributed by atoms with E-state index in [9.17, 15) is 4.79 Å². The van der Waals surface area contributed by atoms with Crippen molar-refractivity contribution in [2.75, 3.05) is 43.0 Å². The molecule has 1 saturated heterocycles. The third-order valence-electron chi connectivity index (χ3n) is 4.13. The summed E-state index contributed by atoms with van der Waals surface area (Å²) in [7, 11) is 2.10. The molecule has 1 aromatic rings. The Balaban J connectivity index is 1.92. The molecule has 1 unspecified atom stereocenters. The number of rotatable bonds is 1. The van der Waals surface area contributed by atoms with E-state index in [0.29, 0.717) is 0 Å². The van der Waals surface area contributed by atoms with Gasteiger partial charge in [-0.2, -0.15) is 0 Å². The van der Waals surface area contributed by atoms with Gasteiger partial charge in [-0.25, -0.2) is 0 Å². The minimum Gasteiger partial charge on any atom is -0.373 e. The SMILES string of the molecule is CN1CCCN(C(=O)C2CCNC2)c2ccccc21. The highest BCUT2D eigenvalue weighted by molar-refractivity contribution is 5.98. The Morgan fingerprint density at radius 3 is 2.79 bits per heavy atom. The van der Waals surface area contributed by atoms with Gasteiger partial charge >= 0.3 is 0 Å². The topological polar surface area (TPSA) is 35.6 Å². The van der Waals surface area contributed by atoms with E-state index in [4.69, 9.17) is 0 Å². The second-order valence-electron chi connectivity index (χ2n) is 5.44. The first-order valence-electron chi connectivity index (χ1n) is 7.09. The van der Waals surface area contributed by atoms with Gasteiger partial charge in [0.2, 0.25) is 5.91 Å². The van der Waals surface area contributed by atoms with Gasteiger partial charge in [-0.05, 0) is 31.5 Å². The predicted molar refractivity (Wildman–Crippen MR) is 77.7 cm³/mol. The molecule has 3 rings (SSSR count). The number of benzene rings is 1.